The van der Waals surface area contributed by atoms with Crippen LogP contribution in [0, 0.1) is 5.92 Å². The molecule has 1 unspecified atom stereocenters. The van der Waals surface area contributed by atoms with Crippen molar-refractivity contribution in [1.29, 1.82) is 0 Å². The van der Waals surface area contributed by atoms with Crippen LogP contribution in [0.1, 0.15) is 13.8 Å². The van der Waals surface area contributed by atoms with Gasteiger partial charge in [0.25, 0.3) is 0 Å². The molecule has 1 atom stereocenters. The molecule has 0 radical (unpaired) electrons. The molecule has 0 bridgehead atoms. The van der Waals surface area contributed by atoms with E-state index in [1.165, 1.54) is 0 Å². The highest BCUT2D eigenvalue weighted by atomic mass is 79.9. The van der Waals surface area contributed by atoms with Crippen molar-refractivity contribution in [3.8, 4) is 0 Å². The molecule has 6 heteroatoms. The second-order valence-corrected chi connectivity index (χ2v) is 5.51. The average molecular weight is 355 g/mol. The lowest BCUT2D eigenvalue weighted by Crippen LogP contribution is -2.22. The second kappa shape index (κ2) is 7.22. The second-order valence-electron chi connectivity index (χ2n) is 3.78. The maximum Gasteiger partial charge on any atom is 0.310 e. The summed E-state index contributed by atoms with van der Waals surface area (Å²) < 4.78 is 5.73. The predicted molar refractivity (Wildman–Crippen MR) is 78.4 cm³/mol. The van der Waals surface area contributed by atoms with E-state index in [1.54, 1.807) is 26.0 Å². The molecule has 0 aliphatic carbocycles. The first kappa shape index (κ1) is 15.6. The number of carbonyl (C=O) groups excluding carboxylic acids is 1. The lowest BCUT2D eigenvalue weighted by Gasteiger charge is -2.14. The number of carbonyl (C=O) groups is 1. The van der Waals surface area contributed by atoms with Gasteiger partial charge in [0.15, 0.2) is 0 Å². The molecule has 0 aromatic heterocycles. The van der Waals surface area contributed by atoms with Crippen molar-refractivity contribution in [1.82, 2.24) is 0 Å². The smallest absolute Gasteiger partial charge is 0.310 e. The van der Waals surface area contributed by atoms with Crippen molar-refractivity contribution in [2.45, 2.75) is 13.8 Å². The van der Waals surface area contributed by atoms with E-state index in [9.17, 15) is 4.79 Å². The van der Waals surface area contributed by atoms with Crippen molar-refractivity contribution in [3.05, 3.63) is 26.7 Å². The summed E-state index contributed by atoms with van der Waals surface area (Å²) >= 11 is 15.4. The maximum atomic E-state index is 11.5. The first-order chi connectivity index (χ1) is 8.45. The number of esters is 1. The molecule has 0 saturated carbocycles. The van der Waals surface area contributed by atoms with Gasteiger partial charge in [-0.15, -0.1) is 0 Å². The quantitative estimate of drug-likeness (QED) is 0.798. The van der Waals surface area contributed by atoms with Crippen molar-refractivity contribution < 1.29 is 9.53 Å². The molecule has 100 valence electrons. The Bertz CT molecular complexity index is 417. The fourth-order valence-corrected chi connectivity index (χ4v) is 2.68. The van der Waals surface area contributed by atoms with Crippen LogP contribution in [-0.2, 0) is 9.53 Å². The number of hydrogen-bond acceptors (Lipinski definition) is 3. The van der Waals surface area contributed by atoms with Gasteiger partial charge in [0.2, 0.25) is 0 Å². The van der Waals surface area contributed by atoms with E-state index in [4.69, 9.17) is 27.9 Å². The van der Waals surface area contributed by atoms with Crippen LogP contribution in [0.5, 0.6) is 0 Å². The van der Waals surface area contributed by atoms with Gasteiger partial charge in [-0.25, -0.2) is 0 Å². The standard InChI is InChI=1S/C12H14BrCl2NO2/c1-3-18-12(17)7(2)6-16-11-9(14)4-8(13)5-10(11)15/h4-5,7,16H,3,6H2,1-2H3. The highest BCUT2D eigenvalue weighted by molar-refractivity contribution is 9.10. The van der Waals surface area contributed by atoms with Crippen LogP contribution in [-0.4, -0.2) is 19.1 Å². The Morgan fingerprint density at radius 3 is 2.50 bits per heavy atom. The number of hydrogen-bond donors (Lipinski definition) is 1. The molecule has 18 heavy (non-hydrogen) atoms. The minimum atomic E-state index is -0.263. The van der Waals surface area contributed by atoms with Crippen molar-refractivity contribution in [3.63, 3.8) is 0 Å². The highest BCUT2D eigenvalue weighted by Gasteiger charge is 2.15. The van der Waals surface area contributed by atoms with Gasteiger partial charge in [-0.05, 0) is 19.1 Å². The Balaban J connectivity index is 2.66. The van der Waals surface area contributed by atoms with Gasteiger partial charge in [-0.2, -0.15) is 0 Å². The number of halogens is 3. The Labute approximate surface area is 125 Å². The number of rotatable bonds is 5. The van der Waals surface area contributed by atoms with Gasteiger partial charge in [-0.1, -0.05) is 46.1 Å². The molecule has 0 saturated heterocycles. The molecule has 0 fully saturated rings. The van der Waals surface area contributed by atoms with Gasteiger partial charge in [0.1, 0.15) is 0 Å². The van der Waals surface area contributed by atoms with Gasteiger partial charge in [-0.3, -0.25) is 4.79 Å². The maximum absolute atomic E-state index is 11.5. The first-order valence-corrected chi connectivity index (χ1v) is 7.05. The molecule has 0 aliphatic rings. The third-order valence-electron chi connectivity index (χ3n) is 2.28. The number of nitrogens with one attached hydrogen (secondary N) is 1. The fraction of sp³-hybridized carbons (Fsp3) is 0.417. The summed E-state index contributed by atoms with van der Waals surface area (Å²) in [6, 6.07) is 3.48. The molecular weight excluding hydrogens is 341 g/mol. The van der Waals surface area contributed by atoms with Gasteiger partial charge in [0.05, 0.1) is 28.3 Å². The molecule has 0 spiro atoms. The van der Waals surface area contributed by atoms with Gasteiger partial charge >= 0.3 is 5.97 Å². The monoisotopic (exact) mass is 353 g/mol. The molecule has 3 nitrogen and oxygen atoms in total. The number of anilines is 1. The van der Waals surface area contributed by atoms with Gasteiger partial charge in [0, 0.05) is 11.0 Å². The first-order valence-electron chi connectivity index (χ1n) is 5.50. The summed E-state index contributed by atoms with van der Waals surface area (Å²) in [5.41, 5.74) is 0.623. The highest BCUT2D eigenvalue weighted by Crippen LogP contribution is 2.33. The van der Waals surface area contributed by atoms with E-state index in [1.807, 2.05) is 0 Å². The van der Waals surface area contributed by atoms with Crippen molar-refractivity contribution >= 4 is 50.8 Å². The molecule has 0 aliphatic heterocycles. The van der Waals surface area contributed by atoms with Crippen molar-refractivity contribution in [2.75, 3.05) is 18.5 Å². The summed E-state index contributed by atoms with van der Waals surface area (Å²) in [5, 5.41) is 4.07. The van der Waals surface area contributed by atoms with Crippen LogP contribution >= 0.6 is 39.1 Å². The van der Waals surface area contributed by atoms with E-state index in [2.05, 4.69) is 21.2 Å². The average Bonchev–Trinajstić information content (AvgIpc) is 2.27. The Kier molecular flexibility index (Phi) is 6.26. The van der Waals surface area contributed by atoms with E-state index < -0.39 is 0 Å². The fourth-order valence-electron chi connectivity index (χ4n) is 1.33. The molecule has 1 aromatic carbocycles. The topological polar surface area (TPSA) is 38.3 Å². The number of benzene rings is 1. The van der Waals surface area contributed by atoms with Crippen LogP contribution in [0.25, 0.3) is 0 Å². The van der Waals surface area contributed by atoms with E-state index in [-0.39, 0.29) is 11.9 Å². The van der Waals surface area contributed by atoms with Crippen LogP contribution in [0.4, 0.5) is 5.69 Å². The van der Waals surface area contributed by atoms with Crippen LogP contribution in [0.3, 0.4) is 0 Å². The molecular formula is C12H14BrCl2NO2. The van der Waals surface area contributed by atoms with Crippen molar-refractivity contribution in [2.24, 2.45) is 5.92 Å². The summed E-state index contributed by atoms with van der Waals surface area (Å²) in [6.45, 7) is 4.36. The van der Waals surface area contributed by atoms with Crippen LogP contribution in [0.15, 0.2) is 16.6 Å². The largest absolute Gasteiger partial charge is 0.466 e. The molecule has 1 aromatic rings. The summed E-state index contributed by atoms with van der Waals surface area (Å²) in [5.74, 6) is -0.505. The zero-order valence-electron chi connectivity index (χ0n) is 10.1. The Hall–Kier alpha value is -0.450. The van der Waals surface area contributed by atoms with E-state index in [0.29, 0.717) is 28.9 Å². The zero-order chi connectivity index (χ0) is 13.7. The third-order valence-corrected chi connectivity index (χ3v) is 3.33. The molecule has 1 N–H and O–H groups in total. The Morgan fingerprint density at radius 1 is 1.44 bits per heavy atom. The normalized spacial score (nSPS) is 12.1. The Morgan fingerprint density at radius 2 is 2.00 bits per heavy atom. The minimum Gasteiger partial charge on any atom is -0.466 e. The lowest BCUT2D eigenvalue weighted by molar-refractivity contribution is -0.146. The van der Waals surface area contributed by atoms with Crippen LogP contribution < -0.4 is 5.32 Å². The van der Waals surface area contributed by atoms with Gasteiger partial charge < -0.3 is 10.1 Å². The molecule has 0 amide bonds. The molecule has 1 rings (SSSR count). The number of ether oxygens (including phenoxy) is 1. The summed E-state index contributed by atoms with van der Waals surface area (Å²) in [4.78, 5) is 11.5. The predicted octanol–water partition coefficient (Wildman–Crippen LogP) is 4.37. The SMILES string of the molecule is CCOC(=O)C(C)CNc1c(Cl)cc(Br)cc1Cl. The minimum absolute atomic E-state index is 0.241. The van der Waals surface area contributed by atoms with Crippen LogP contribution in [0.2, 0.25) is 10.0 Å². The lowest BCUT2D eigenvalue weighted by atomic mass is 10.2. The molecule has 0 heterocycles. The zero-order valence-corrected chi connectivity index (χ0v) is 13.2. The summed E-state index contributed by atoms with van der Waals surface area (Å²) in [7, 11) is 0. The van der Waals surface area contributed by atoms with E-state index >= 15 is 0 Å². The van der Waals surface area contributed by atoms with E-state index in [0.717, 1.165) is 4.47 Å². The third kappa shape index (κ3) is 4.34. The summed E-state index contributed by atoms with van der Waals surface area (Å²) in [6.07, 6.45) is 0.